The van der Waals surface area contributed by atoms with Gasteiger partial charge < -0.3 is 5.11 Å². The third-order valence-corrected chi connectivity index (χ3v) is 10.0. The van der Waals surface area contributed by atoms with Gasteiger partial charge in [-0.2, -0.15) is 0 Å². The van der Waals surface area contributed by atoms with E-state index in [0.717, 1.165) is 18.3 Å². The summed E-state index contributed by atoms with van der Waals surface area (Å²) in [6, 6.07) is 0. The van der Waals surface area contributed by atoms with Gasteiger partial charge in [-0.1, -0.05) is 57.9 Å². The molecular formula is C28H44O. The second-order valence-corrected chi connectivity index (χ2v) is 12.2. The van der Waals surface area contributed by atoms with Crippen LogP contribution in [0.5, 0.6) is 0 Å². The summed E-state index contributed by atoms with van der Waals surface area (Å²) in [7, 11) is 0. The molecule has 0 aromatic rings. The molecule has 162 valence electrons. The number of aliphatic hydroxyl groups is 1. The van der Waals surface area contributed by atoms with Crippen molar-refractivity contribution in [2.75, 3.05) is 0 Å². The molecule has 4 aliphatic rings. The van der Waals surface area contributed by atoms with Crippen LogP contribution in [0.4, 0.5) is 0 Å². The molecule has 1 N–H and O–H groups in total. The fourth-order valence-corrected chi connectivity index (χ4v) is 8.16. The molecule has 0 heterocycles. The lowest BCUT2D eigenvalue weighted by molar-refractivity contribution is -0.0905. The van der Waals surface area contributed by atoms with Gasteiger partial charge in [-0.3, -0.25) is 0 Å². The van der Waals surface area contributed by atoms with Crippen LogP contribution < -0.4 is 0 Å². The Labute approximate surface area is 179 Å². The first-order valence-corrected chi connectivity index (χ1v) is 12.3. The van der Waals surface area contributed by atoms with Crippen molar-refractivity contribution in [3.63, 3.8) is 0 Å². The van der Waals surface area contributed by atoms with Gasteiger partial charge in [-0.05, 0) is 110 Å². The molecule has 0 radical (unpaired) electrons. The molecule has 29 heavy (non-hydrogen) atoms. The van der Waals surface area contributed by atoms with Gasteiger partial charge in [0.15, 0.2) is 0 Å². The molecule has 1 fully saturated rings. The summed E-state index contributed by atoms with van der Waals surface area (Å²) in [5, 5.41) is 10.7. The number of aliphatic hydroxyl groups excluding tert-OH is 1. The standard InChI is InChI=1S/C28H44O/c1-18(2)8-9-19(3)21-11-12-22-20-10-13-24-26(4,5)25(29)15-17-28(24,7)23(20)14-16-27(21,22)6/h8,12,19,21,24-25,29H,9-11,13-17H2,1-7H3/t19-,21-,24?,25?,27-,28-/m1/s1. The molecule has 6 atom stereocenters. The fourth-order valence-electron chi connectivity index (χ4n) is 8.16. The summed E-state index contributed by atoms with van der Waals surface area (Å²) in [5.74, 6) is 2.16. The SMILES string of the molecule is CC(C)=CC[C@@H](C)[C@H]1CC=C2C3=C(CC[C@@]21C)[C@@]1(C)CCC(O)C(C)(C)C1CC3. The van der Waals surface area contributed by atoms with Gasteiger partial charge in [0.25, 0.3) is 0 Å². The largest absolute Gasteiger partial charge is 0.393 e. The van der Waals surface area contributed by atoms with Crippen LogP contribution in [0.25, 0.3) is 0 Å². The minimum atomic E-state index is -0.136. The van der Waals surface area contributed by atoms with Crippen LogP contribution in [0, 0.1) is 34.0 Å². The van der Waals surface area contributed by atoms with E-state index in [9.17, 15) is 5.11 Å². The molecule has 1 nitrogen and oxygen atoms in total. The zero-order valence-corrected chi connectivity index (χ0v) is 20.1. The molecule has 4 rings (SSSR count). The van der Waals surface area contributed by atoms with E-state index in [1.165, 1.54) is 50.5 Å². The molecule has 4 aliphatic carbocycles. The van der Waals surface area contributed by atoms with E-state index < -0.39 is 0 Å². The Morgan fingerprint density at radius 2 is 1.83 bits per heavy atom. The topological polar surface area (TPSA) is 20.2 Å². The van der Waals surface area contributed by atoms with Crippen LogP contribution >= 0.6 is 0 Å². The Hall–Kier alpha value is -0.820. The van der Waals surface area contributed by atoms with Gasteiger partial charge in [0.1, 0.15) is 0 Å². The Bertz CT molecular complexity index is 761. The van der Waals surface area contributed by atoms with E-state index in [1.807, 2.05) is 0 Å². The highest BCUT2D eigenvalue weighted by Gasteiger charge is 2.57. The van der Waals surface area contributed by atoms with Crippen LogP contribution in [0.15, 0.2) is 34.4 Å². The van der Waals surface area contributed by atoms with Crippen molar-refractivity contribution in [1.82, 2.24) is 0 Å². The number of fused-ring (bicyclic) bond motifs is 4. The van der Waals surface area contributed by atoms with Crippen molar-refractivity contribution in [1.29, 1.82) is 0 Å². The van der Waals surface area contributed by atoms with Crippen LogP contribution in [0.1, 0.15) is 99.8 Å². The second kappa shape index (κ2) is 7.11. The quantitative estimate of drug-likeness (QED) is 0.486. The Kier molecular flexibility index (Phi) is 5.25. The molecule has 0 aromatic carbocycles. The number of hydrogen-bond donors (Lipinski definition) is 1. The number of rotatable bonds is 3. The summed E-state index contributed by atoms with van der Waals surface area (Å²) in [6.45, 7) is 16.7. The monoisotopic (exact) mass is 396 g/mol. The first-order chi connectivity index (χ1) is 13.5. The maximum absolute atomic E-state index is 10.7. The van der Waals surface area contributed by atoms with Gasteiger partial charge >= 0.3 is 0 Å². The highest BCUT2D eigenvalue weighted by molar-refractivity contribution is 5.49. The van der Waals surface area contributed by atoms with E-state index in [-0.39, 0.29) is 11.5 Å². The van der Waals surface area contributed by atoms with E-state index in [0.29, 0.717) is 16.7 Å². The van der Waals surface area contributed by atoms with Crippen molar-refractivity contribution in [3.8, 4) is 0 Å². The second-order valence-electron chi connectivity index (χ2n) is 12.2. The van der Waals surface area contributed by atoms with E-state index >= 15 is 0 Å². The molecule has 0 aromatic heterocycles. The summed E-state index contributed by atoms with van der Waals surface area (Å²) in [4.78, 5) is 0. The van der Waals surface area contributed by atoms with Gasteiger partial charge in [-0.15, -0.1) is 0 Å². The Morgan fingerprint density at radius 3 is 2.52 bits per heavy atom. The predicted molar refractivity (Wildman–Crippen MR) is 124 cm³/mol. The minimum Gasteiger partial charge on any atom is -0.393 e. The minimum absolute atomic E-state index is 0.0394. The third kappa shape index (κ3) is 3.13. The summed E-state index contributed by atoms with van der Waals surface area (Å²) in [5.41, 5.74) is 7.44. The van der Waals surface area contributed by atoms with Crippen molar-refractivity contribution in [2.45, 2.75) is 106 Å². The normalized spacial score (nSPS) is 41.8. The van der Waals surface area contributed by atoms with E-state index in [4.69, 9.17) is 0 Å². The lowest BCUT2D eigenvalue weighted by atomic mass is 9.46. The summed E-state index contributed by atoms with van der Waals surface area (Å²) in [6.07, 6.45) is 14.7. The van der Waals surface area contributed by atoms with Gasteiger partial charge in [0.2, 0.25) is 0 Å². The number of hydrogen-bond acceptors (Lipinski definition) is 1. The van der Waals surface area contributed by atoms with Gasteiger partial charge in [-0.25, -0.2) is 0 Å². The zero-order valence-electron chi connectivity index (χ0n) is 20.1. The van der Waals surface area contributed by atoms with Gasteiger partial charge in [0.05, 0.1) is 6.10 Å². The lowest BCUT2D eigenvalue weighted by Gasteiger charge is -2.59. The lowest BCUT2D eigenvalue weighted by Crippen LogP contribution is -2.53. The molecule has 2 unspecified atom stereocenters. The zero-order chi connectivity index (χ0) is 21.2. The number of allylic oxidation sites excluding steroid dienone is 6. The smallest absolute Gasteiger partial charge is 0.0594 e. The van der Waals surface area contributed by atoms with Crippen molar-refractivity contribution in [3.05, 3.63) is 34.4 Å². The molecule has 0 spiro atoms. The average molecular weight is 397 g/mol. The molecule has 0 aliphatic heterocycles. The van der Waals surface area contributed by atoms with Crippen molar-refractivity contribution in [2.24, 2.45) is 34.0 Å². The van der Waals surface area contributed by atoms with Crippen LogP contribution in [-0.4, -0.2) is 11.2 Å². The van der Waals surface area contributed by atoms with Crippen LogP contribution in [0.2, 0.25) is 0 Å². The molecular weight excluding hydrogens is 352 g/mol. The van der Waals surface area contributed by atoms with E-state index in [2.05, 4.69) is 60.6 Å². The highest BCUT2D eigenvalue weighted by Crippen LogP contribution is 2.66. The highest BCUT2D eigenvalue weighted by atomic mass is 16.3. The maximum atomic E-state index is 10.7. The molecule has 1 saturated carbocycles. The average Bonchev–Trinajstić information content (AvgIpc) is 3.00. The van der Waals surface area contributed by atoms with Crippen LogP contribution in [0.3, 0.4) is 0 Å². The first kappa shape index (κ1) is 21.4. The predicted octanol–water partition coefficient (Wildman–Crippen LogP) is 7.62. The van der Waals surface area contributed by atoms with Crippen molar-refractivity contribution < 1.29 is 5.11 Å². The third-order valence-electron chi connectivity index (χ3n) is 10.0. The fraction of sp³-hybridized carbons (Fsp3) is 0.786. The van der Waals surface area contributed by atoms with Crippen LogP contribution in [-0.2, 0) is 0 Å². The maximum Gasteiger partial charge on any atom is 0.0594 e. The Morgan fingerprint density at radius 1 is 1.10 bits per heavy atom. The molecule has 0 saturated heterocycles. The molecule has 1 heteroatoms. The molecule has 0 bridgehead atoms. The summed E-state index contributed by atoms with van der Waals surface area (Å²) < 4.78 is 0. The molecule has 0 amide bonds. The van der Waals surface area contributed by atoms with Gasteiger partial charge in [0, 0.05) is 0 Å². The van der Waals surface area contributed by atoms with Crippen molar-refractivity contribution >= 4 is 0 Å². The first-order valence-electron chi connectivity index (χ1n) is 12.3. The van der Waals surface area contributed by atoms with E-state index in [1.54, 1.807) is 16.7 Å². The summed E-state index contributed by atoms with van der Waals surface area (Å²) >= 11 is 0. The Balaban J connectivity index is 1.66.